The summed E-state index contributed by atoms with van der Waals surface area (Å²) in [5.74, 6) is -0.727. The fraction of sp³-hybridized carbons (Fsp3) is 0.235. The van der Waals surface area contributed by atoms with Crippen LogP contribution in [0.3, 0.4) is 0 Å². The summed E-state index contributed by atoms with van der Waals surface area (Å²) in [6.45, 7) is 4.92. The molecule has 0 unspecified atom stereocenters. The Morgan fingerprint density at radius 1 is 1.00 bits per heavy atom. The van der Waals surface area contributed by atoms with Crippen LogP contribution >= 0.6 is 0 Å². The molecule has 0 aliphatic rings. The van der Waals surface area contributed by atoms with Crippen molar-refractivity contribution in [3.05, 3.63) is 59.9 Å². The highest BCUT2D eigenvalue weighted by atomic mass is 19.1. The molecule has 0 bridgehead atoms. The van der Waals surface area contributed by atoms with Crippen LogP contribution in [0.2, 0.25) is 0 Å². The van der Waals surface area contributed by atoms with E-state index in [4.69, 9.17) is 0 Å². The molecule has 0 fully saturated rings. The van der Waals surface area contributed by atoms with Crippen molar-refractivity contribution in [3.8, 4) is 11.1 Å². The molecule has 1 amide bonds. The Kier molecular flexibility index (Phi) is 4.51. The standard InChI is InChI=1S/C17H18FNO/c1-3-19(4-2)17(20)16-14(11-8-12-15(16)18)13-9-6-5-7-10-13/h5-12H,3-4H2,1-2H3. The Morgan fingerprint density at radius 3 is 2.25 bits per heavy atom. The number of halogens is 1. The van der Waals surface area contributed by atoms with Gasteiger partial charge >= 0.3 is 0 Å². The molecule has 2 aromatic rings. The molecule has 0 spiro atoms. The van der Waals surface area contributed by atoms with Crippen molar-refractivity contribution in [1.82, 2.24) is 4.90 Å². The fourth-order valence-electron chi connectivity index (χ4n) is 2.27. The highest BCUT2D eigenvalue weighted by Crippen LogP contribution is 2.26. The Labute approximate surface area is 118 Å². The summed E-state index contributed by atoms with van der Waals surface area (Å²) < 4.78 is 14.2. The highest BCUT2D eigenvalue weighted by Gasteiger charge is 2.21. The topological polar surface area (TPSA) is 20.3 Å². The minimum absolute atomic E-state index is 0.155. The predicted molar refractivity (Wildman–Crippen MR) is 79.1 cm³/mol. The Hall–Kier alpha value is -2.16. The highest BCUT2D eigenvalue weighted by molar-refractivity contribution is 6.01. The lowest BCUT2D eigenvalue weighted by atomic mass is 9.98. The Morgan fingerprint density at radius 2 is 1.65 bits per heavy atom. The molecule has 0 saturated carbocycles. The average molecular weight is 271 g/mol. The second-order valence-corrected chi connectivity index (χ2v) is 4.51. The predicted octanol–water partition coefficient (Wildman–Crippen LogP) is 3.97. The summed E-state index contributed by atoms with van der Waals surface area (Å²) >= 11 is 0. The van der Waals surface area contributed by atoms with Crippen molar-refractivity contribution >= 4 is 5.91 Å². The van der Waals surface area contributed by atoms with Crippen LogP contribution in [-0.2, 0) is 0 Å². The maximum atomic E-state index is 14.2. The first-order valence-electron chi connectivity index (χ1n) is 6.82. The second kappa shape index (κ2) is 6.33. The van der Waals surface area contributed by atoms with E-state index in [-0.39, 0.29) is 11.5 Å². The number of rotatable bonds is 4. The van der Waals surface area contributed by atoms with Crippen molar-refractivity contribution in [2.75, 3.05) is 13.1 Å². The summed E-state index contributed by atoms with van der Waals surface area (Å²) in [5.41, 5.74) is 1.65. The van der Waals surface area contributed by atoms with Crippen molar-refractivity contribution in [2.24, 2.45) is 0 Å². The second-order valence-electron chi connectivity index (χ2n) is 4.51. The summed E-state index contributed by atoms with van der Waals surface area (Å²) in [4.78, 5) is 14.1. The molecule has 2 aromatic carbocycles. The van der Waals surface area contributed by atoms with E-state index in [1.165, 1.54) is 6.07 Å². The zero-order chi connectivity index (χ0) is 14.5. The van der Waals surface area contributed by atoms with Gasteiger partial charge in [-0.15, -0.1) is 0 Å². The molecule has 0 saturated heterocycles. The Bertz CT molecular complexity index is 591. The largest absolute Gasteiger partial charge is 0.339 e. The molecule has 0 aliphatic carbocycles. The van der Waals surface area contributed by atoms with Gasteiger partial charge in [0.1, 0.15) is 5.82 Å². The van der Waals surface area contributed by atoms with E-state index in [9.17, 15) is 9.18 Å². The molecular formula is C17H18FNO. The number of hydrogen-bond donors (Lipinski definition) is 0. The number of hydrogen-bond acceptors (Lipinski definition) is 1. The number of carbonyl (C=O) groups is 1. The van der Waals surface area contributed by atoms with Gasteiger partial charge in [0.15, 0.2) is 0 Å². The number of benzene rings is 2. The van der Waals surface area contributed by atoms with Crippen molar-refractivity contribution in [2.45, 2.75) is 13.8 Å². The molecule has 0 heterocycles. The third kappa shape index (κ3) is 2.72. The van der Waals surface area contributed by atoms with E-state index < -0.39 is 5.82 Å². The van der Waals surface area contributed by atoms with Crippen LogP contribution in [0.25, 0.3) is 11.1 Å². The number of nitrogens with zero attached hydrogens (tertiary/aromatic N) is 1. The van der Waals surface area contributed by atoms with E-state index in [1.807, 2.05) is 44.2 Å². The third-order valence-corrected chi connectivity index (χ3v) is 3.36. The summed E-state index contributed by atoms with van der Waals surface area (Å²) in [5, 5.41) is 0. The van der Waals surface area contributed by atoms with Gasteiger partial charge in [-0.2, -0.15) is 0 Å². The van der Waals surface area contributed by atoms with E-state index in [0.717, 1.165) is 5.56 Å². The molecule has 20 heavy (non-hydrogen) atoms. The van der Waals surface area contributed by atoms with Crippen LogP contribution in [0.5, 0.6) is 0 Å². The first kappa shape index (κ1) is 14.3. The number of amides is 1. The van der Waals surface area contributed by atoms with Gasteiger partial charge in [-0.05, 0) is 31.0 Å². The minimum atomic E-state index is -0.469. The van der Waals surface area contributed by atoms with Gasteiger partial charge in [0.05, 0.1) is 5.56 Å². The minimum Gasteiger partial charge on any atom is -0.339 e. The molecule has 0 radical (unpaired) electrons. The zero-order valence-electron chi connectivity index (χ0n) is 11.8. The van der Waals surface area contributed by atoms with Crippen LogP contribution in [0.4, 0.5) is 4.39 Å². The van der Waals surface area contributed by atoms with Crippen molar-refractivity contribution in [3.63, 3.8) is 0 Å². The molecule has 3 heteroatoms. The van der Waals surface area contributed by atoms with Gasteiger partial charge < -0.3 is 4.90 Å². The summed E-state index contributed by atoms with van der Waals surface area (Å²) in [6.07, 6.45) is 0. The first-order chi connectivity index (χ1) is 9.69. The average Bonchev–Trinajstić information content (AvgIpc) is 2.49. The SMILES string of the molecule is CCN(CC)C(=O)c1c(F)cccc1-c1ccccc1. The molecule has 2 rings (SSSR count). The lowest BCUT2D eigenvalue weighted by Gasteiger charge is -2.21. The number of carbonyl (C=O) groups excluding carboxylic acids is 1. The lowest BCUT2D eigenvalue weighted by molar-refractivity contribution is 0.0769. The Balaban J connectivity index is 2.55. The van der Waals surface area contributed by atoms with Crippen LogP contribution in [0, 0.1) is 5.82 Å². The van der Waals surface area contributed by atoms with Crippen molar-refractivity contribution < 1.29 is 9.18 Å². The fourth-order valence-corrected chi connectivity index (χ4v) is 2.27. The molecule has 0 atom stereocenters. The van der Waals surface area contributed by atoms with Gasteiger partial charge in [-0.3, -0.25) is 4.79 Å². The van der Waals surface area contributed by atoms with Crippen LogP contribution in [0.1, 0.15) is 24.2 Å². The van der Waals surface area contributed by atoms with Crippen LogP contribution < -0.4 is 0 Å². The maximum Gasteiger partial charge on any atom is 0.257 e. The van der Waals surface area contributed by atoms with Crippen LogP contribution in [-0.4, -0.2) is 23.9 Å². The quantitative estimate of drug-likeness (QED) is 0.823. The monoisotopic (exact) mass is 271 g/mol. The zero-order valence-corrected chi connectivity index (χ0v) is 11.8. The maximum absolute atomic E-state index is 14.2. The van der Waals surface area contributed by atoms with Gasteiger partial charge in [0.25, 0.3) is 5.91 Å². The first-order valence-corrected chi connectivity index (χ1v) is 6.82. The normalized spacial score (nSPS) is 10.3. The van der Waals surface area contributed by atoms with E-state index in [2.05, 4.69) is 0 Å². The van der Waals surface area contributed by atoms with Gasteiger partial charge in [-0.25, -0.2) is 4.39 Å². The van der Waals surface area contributed by atoms with E-state index >= 15 is 0 Å². The molecule has 104 valence electrons. The molecule has 0 N–H and O–H groups in total. The molecule has 2 nitrogen and oxygen atoms in total. The van der Waals surface area contributed by atoms with Crippen molar-refractivity contribution in [1.29, 1.82) is 0 Å². The smallest absolute Gasteiger partial charge is 0.257 e. The van der Waals surface area contributed by atoms with Crippen LogP contribution in [0.15, 0.2) is 48.5 Å². The van der Waals surface area contributed by atoms with Gasteiger partial charge in [0.2, 0.25) is 0 Å². The van der Waals surface area contributed by atoms with E-state index in [1.54, 1.807) is 17.0 Å². The third-order valence-electron chi connectivity index (χ3n) is 3.36. The lowest BCUT2D eigenvalue weighted by Crippen LogP contribution is -2.31. The summed E-state index contributed by atoms with van der Waals surface area (Å²) in [7, 11) is 0. The molecule has 0 aliphatic heterocycles. The summed E-state index contributed by atoms with van der Waals surface area (Å²) in [6, 6.07) is 14.2. The molecular weight excluding hydrogens is 253 g/mol. The van der Waals surface area contributed by atoms with Gasteiger partial charge in [0, 0.05) is 13.1 Å². The van der Waals surface area contributed by atoms with Gasteiger partial charge in [-0.1, -0.05) is 42.5 Å². The van der Waals surface area contributed by atoms with E-state index in [0.29, 0.717) is 18.7 Å². The molecule has 0 aromatic heterocycles.